The first-order valence-electron chi connectivity index (χ1n) is 5.82. The summed E-state index contributed by atoms with van der Waals surface area (Å²) < 4.78 is 0. The summed E-state index contributed by atoms with van der Waals surface area (Å²) in [4.78, 5) is 0. The summed E-state index contributed by atoms with van der Waals surface area (Å²) in [6.45, 7) is 8.80. The Hall–Kier alpha value is -0.820. The van der Waals surface area contributed by atoms with E-state index in [0.29, 0.717) is 11.8 Å². The largest absolute Gasteiger partial charge is 0.328 e. The molecular weight excluding hydrogens is 182 g/mol. The van der Waals surface area contributed by atoms with Crippen molar-refractivity contribution < 1.29 is 0 Å². The van der Waals surface area contributed by atoms with Gasteiger partial charge in [-0.15, -0.1) is 0 Å². The zero-order valence-corrected chi connectivity index (χ0v) is 10.3. The molecule has 0 saturated carbocycles. The van der Waals surface area contributed by atoms with Gasteiger partial charge in [-0.1, -0.05) is 38.1 Å². The third kappa shape index (κ3) is 3.35. The molecule has 1 nitrogen and oxygen atoms in total. The minimum atomic E-state index is 0.268. The standard InChI is InChI=1S/C14H23N/c1-10(2)14(12(4)15)9-13-8-6-5-7-11(13)3/h5-8,10,12,14H,9,15H2,1-4H3. The monoisotopic (exact) mass is 205 g/mol. The van der Waals surface area contributed by atoms with Crippen molar-refractivity contribution in [3.05, 3.63) is 35.4 Å². The highest BCUT2D eigenvalue weighted by Crippen LogP contribution is 2.21. The quantitative estimate of drug-likeness (QED) is 0.803. The molecule has 0 spiro atoms. The van der Waals surface area contributed by atoms with Crippen LogP contribution >= 0.6 is 0 Å². The van der Waals surface area contributed by atoms with Gasteiger partial charge in [0, 0.05) is 6.04 Å². The van der Waals surface area contributed by atoms with E-state index >= 15 is 0 Å². The molecule has 2 atom stereocenters. The van der Waals surface area contributed by atoms with E-state index in [0.717, 1.165) is 6.42 Å². The van der Waals surface area contributed by atoms with E-state index in [9.17, 15) is 0 Å². The molecule has 0 aromatic heterocycles. The van der Waals surface area contributed by atoms with E-state index in [2.05, 4.69) is 52.0 Å². The predicted octanol–water partition coefficient (Wildman–Crippen LogP) is 3.16. The van der Waals surface area contributed by atoms with Crippen LogP contribution in [0.5, 0.6) is 0 Å². The van der Waals surface area contributed by atoms with E-state index in [1.54, 1.807) is 0 Å². The van der Waals surface area contributed by atoms with Crippen LogP contribution < -0.4 is 5.73 Å². The minimum absolute atomic E-state index is 0.268. The summed E-state index contributed by atoms with van der Waals surface area (Å²) in [5, 5.41) is 0. The highest BCUT2D eigenvalue weighted by molar-refractivity contribution is 5.26. The van der Waals surface area contributed by atoms with Gasteiger partial charge in [-0.2, -0.15) is 0 Å². The fourth-order valence-electron chi connectivity index (χ4n) is 2.12. The third-order valence-electron chi connectivity index (χ3n) is 3.25. The maximum absolute atomic E-state index is 6.04. The Morgan fingerprint density at radius 3 is 2.20 bits per heavy atom. The first-order chi connectivity index (χ1) is 7.02. The van der Waals surface area contributed by atoms with Gasteiger partial charge >= 0.3 is 0 Å². The van der Waals surface area contributed by atoms with Crippen LogP contribution in [0.1, 0.15) is 31.9 Å². The van der Waals surface area contributed by atoms with Gasteiger partial charge in [0.2, 0.25) is 0 Å². The number of aryl methyl sites for hydroxylation is 1. The summed E-state index contributed by atoms with van der Waals surface area (Å²) in [5.74, 6) is 1.22. The van der Waals surface area contributed by atoms with Crippen LogP contribution in [-0.4, -0.2) is 6.04 Å². The van der Waals surface area contributed by atoms with Gasteiger partial charge in [0.1, 0.15) is 0 Å². The number of nitrogens with two attached hydrogens (primary N) is 1. The third-order valence-corrected chi connectivity index (χ3v) is 3.25. The van der Waals surface area contributed by atoms with Crippen molar-refractivity contribution in [2.24, 2.45) is 17.6 Å². The molecule has 15 heavy (non-hydrogen) atoms. The molecule has 0 amide bonds. The number of hydrogen-bond donors (Lipinski definition) is 1. The first-order valence-corrected chi connectivity index (χ1v) is 5.82. The van der Waals surface area contributed by atoms with Gasteiger partial charge in [-0.3, -0.25) is 0 Å². The number of hydrogen-bond acceptors (Lipinski definition) is 1. The van der Waals surface area contributed by atoms with Crippen molar-refractivity contribution in [3.63, 3.8) is 0 Å². The fraction of sp³-hybridized carbons (Fsp3) is 0.571. The Morgan fingerprint density at radius 2 is 1.73 bits per heavy atom. The summed E-state index contributed by atoms with van der Waals surface area (Å²) in [5.41, 5.74) is 8.85. The molecule has 1 aromatic carbocycles. The van der Waals surface area contributed by atoms with E-state index < -0.39 is 0 Å². The lowest BCUT2D eigenvalue weighted by atomic mass is 9.83. The van der Waals surface area contributed by atoms with Crippen LogP contribution in [0, 0.1) is 18.8 Å². The Bertz CT molecular complexity index is 294. The highest BCUT2D eigenvalue weighted by Gasteiger charge is 2.18. The lowest BCUT2D eigenvalue weighted by molar-refractivity contribution is 0.329. The van der Waals surface area contributed by atoms with Crippen LogP contribution in [0.4, 0.5) is 0 Å². The Labute approximate surface area is 93.7 Å². The minimum Gasteiger partial charge on any atom is -0.328 e. The van der Waals surface area contributed by atoms with Gasteiger partial charge in [0.05, 0.1) is 0 Å². The van der Waals surface area contributed by atoms with Crippen molar-refractivity contribution in [2.45, 2.75) is 40.2 Å². The second-order valence-electron chi connectivity index (χ2n) is 4.90. The van der Waals surface area contributed by atoms with Crippen LogP contribution in [0.25, 0.3) is 0 Å². The second-order valence-corrected chi connectivity index (χ2v) is 4.90. The molecule has 0 bridgehead atoms. The van der Waals surface area contributed by atoms with Crippen molar-refractivity contribution in [2.75, 3.05) is 0 Å². The maximum atomic E-state index is 6.04. The van der Waals surface area contributed by atoms with Gasteiger partial charge in [-0.05, 0) is 43.2 Å². The Morgan fingerprint density at radius 1 is 1.13 bits per heavy atom. The summed E-state index contributed by atoms with van der Waals surface area (Å²) >= 11 is 0. The van der Waals surface area contributed by atoms with Crippen LogP contribution in [0.3, 0.4) is 0 Å². The number of benzene rings is 1. The molecular formula is C14H23N. The van der Waals surface area contributed by atoms with E-state index in [-0.39, 0.29) is 6.04 Å². The van der Waals surface area contributed by atoms with Crippen molar-refractivity contribution in [1.29, 1.82) is 0 Å². The molecule has 84 valence electrons. The van der Waals surface area contributed by atoms with E-state index in [1.165, 1.54) is 11.1 Å². The molecule has 0 fully saturated rings. The zero-order valence-electron chi connectivity index (χ0n) is 10.3. The van der Waals surface area contributed by atoms with Crippen LogP contribution in [0.2, 0.25) is 0 Å². The molecule has 0 aliphatic carbocycles. The molecule has 0 radical (unpaired) electrons. The average molecular weight is 205 g/mol. The Kier molecular flexibility index (Phi) is 4.34. The lowest BCUT2D eigenvalue weighted by Gasteiger charge is -2.25. The van der Waals surface area contributed by atoms with Crippen molar-refractivity contribution in [1.82, 2.24) is 0 Å². The van der Waals surface area contributed by atoms with Gasteiger partial charge < -0.3 is 5.73 Å². The molecule has 0 saturated heterocycles. The Balaban J connectivity index is 2.79. The van der Waals surface area contributed by atoms with Crippen LogP contribution in [0.15, 0.2) is 24.3 Å². The van der Waals surface area contributed by atoms with E-state index in [4.69, 9.17) is 5.73 Å². The zero-order chi connectivity index (χ0) is 11.4. The molecule has 1 rings (SSSR count). The molecule has 0 aliphatic rings. The maximum Gasteiger partial charge on any atom is 0.00443 e. The summed E-state index contributed by atoms with van der Waals surface area (Å²) in [6.07, 6.45) is 1.10. The normalized spacial score (nSPS) is 15.3. The molecule has 1 aromatic rings. The second kappa shape index (κ2) is 5.32. The summed E-state index contributed by atoms with van der Waals surface area (Å²) in [6, 6.07) is 8.86. The SMILES string of the molecule is Cc1ccccc1CC(C(C)C)C(C)N. The molecule has 2 unspecified atom stereocenters. The molecule has 0 aliphatic heterocycles. The first kappa shape index (κ1) is 12.3. The van der Waals surface area contributed by atoms with Gasteiger partial charge in [0.25, 0.3) is 0 Å². The van der Waals surface area contributed by atoms with Crippen LogP contribution in [-0.2, 0) is 6.42 Å². The average Bonchev–Trinajstić information content (AvgIpc) is 2.15. The molecule has 1 heteroatoms. The lowest BCUT2D eigenvalue weighted by Crippen LogP contribution is -2.32. The van der Waals surface area contributed by atoms with Gasteiger partial charge in [0.15, 0.2) is 0 Å². The molecule has 0 heterocycles. The highest BCUT2D eigenvalue weighted by atomic mass is 14.6. The topological polar surface area (TPSA) is 26.0 Å². The van der Waals surface area contributed by atoms with Gasteiger partial charge in [-0.25, -0.2) is 0 Å². The summed E-state index contributed by atoms with van der Waals surface area (Å²) in [7, 11) is 0. The predicted molar refractivity (Wildman–Crippen MR) is 66.9 cm³/mol. The van der Waals surface area contributed by atoms with Crippen molar-refractivity contribution >= 4 is 0 Å². The number of rotatable bonds is 4. The molecule has 2 N–H and O–H groups in total. The van der Waals surface area contributed by atoms with E-state index in [1.807, 2.05) is 0 Å². The smallest absolute Gasteiger partial charge is 0.00443 e. The fourth-order valence-corrected chi connectivity index (χ4v) is 2.12. The van der Waals surface area contributed by atoms with Crippen molar-refractivity contribution in [3.8, 4) is 0 Å².